The fourth-order valence-corrected chi connectivity index (χ4v) is 3.26. The van der Waals surface area contributed by atoms with Crippen molar-refractivity contribution in [2.24, 2.45) is 5.10 Å². The van der Waals surface area contributed by atoms with Gasteiger partial charge in [0.2, 0.25) is 0 Å². The molecular weight excluding hydrogens is 456 g/mol. The van der Waals surface area contributed by atoms with E-state index in [-0.39, 0.29) is 0 Å². The fraction of sp³-hybridized carbons (Fsp3) is 0.154. The second-order valence-corrected chi connectivity index (χ2v) is 7.38. The van der Waals surface area contributed by atoms with Gasteiger partial charge < -0.3 is 18.9 Å². The topological polar surface area (TPSA) is 78.4 Å². The van der Waals surface area contributed by atoms with E-state index in [4.69, 9.17) is 30.5 Å². The third kappa shape index (κ3) is 6.52. The van der Waals surface area contributed by atoms with E-state index in [0.717, 1.165) is 5.56 Å². The SMILES string of the molecule is C=CCOc1ccc(C(=O)N/N=C/c2cc(Cl)c(OCc3ccccc3)c(OC)c2)cc1OC. The minimum Gasteiger partial charge on any atom is -0.493 e. The Balaban J connectivity index is 1.67. The van der Waals surface area contributed by atoms with Crippen molar-refractivity contribution >= 4 is 23.7 Å². The number of nitrogens with one attached hydrogen (secondary N) is 1. The minimum absolute atomic E-state index is 0.328. The lowest BCUT2D eigenvalue weighted by atomic mass is 10.2. The van der Waals surface area contributed by atoms with Crippen molar-refractivity contribution in [3.8, 4) is 23.0 Å². The maximum atomic E-state index is 12.5. The minimum atomic E-state index is -0.411. The molecule has 0 aliphatic rings. The normalized spacial score (nSPS) is 10.6. The van der Waals surface area contributed by atoms with Crippen LogP contribution in [0.25, 0.3) is 0 Å². The number of halogens is 1. The molecule has 0 unspecified atom stereocenters. The highest BCUT2D eigenvalue weighted by Crippen LogP contribution is 2.36. The van der Waals surface area contributed by atoms with Crippen LogP contribution in [0.4, 0.5) is 0 Å². The van der Waals surface area contributed by atoms with Crippen molar-refractivity contribution in [2.75, 3.05) is 20.8 Å². The number of methoxy groups -OCH3 is 2. The van der Waals surface area contributed by atoms with Crippen LogP contribution < -0.4 is 24.4 Å². The lowest BCUT2D eigenvalue weighted by molar-refractivity contribution is 0.0954. The van der Waals surface area contributed by atoms with Gasteiger partial charge in [-0.25, -0.2) is 5.43 Å². The van der Waals surface area contributed by atoms with Gasteiger partial charge >= 0.3 is 0 Å². The van der Waals surface area contributed by atoms with Gasteiger partial charge in [0, 0.05) is 5.56 Å². The quantitative estimate of drug-likeness (QED) is 0.230. The van der Waals surface area contributed by atoms with Crippen LogP contribution in [0.15, 0.2) is 78.4 Å². The average Bonchev–Trinajstić information content (AvgIpc) is 2.86. The molecule has 1 N–H and O–H groups in total. The van der Waals surface area contributed by atoms with E-state index in [1.807, 2.05) is 30.3 Å². The monoisotopic (exact) mass is 480 g/mol. The van der Waals surface area contributed by atoms with Crippen LogP contribution in [0.3, 0.4) is 0 Å². The molecule has 0 radical (unpaired) electrons. The summed E-state index contributed by atoms with van der Waals surface area (Å²) in [6.45, 7) is 4.29. The van der Waals surface area contributed by atoms with E-state index in [1.54, 1.807) is 36.4 Å². The number of ether oxygens (including phenoxy) is 4. The Kier molecular flexibility index (Phi) is 8.94. The van der Waals surface area contributed by atoms with E-state index in [2.05, 4.69) is 17.1 Å². The van der Waals surface area contributed by atoms with E-state index in [1.165, 1.54) is 20.4 Å². The molecule has 0 aliphatic heterocycles. The van der Waals surface area contributed by atoms with E-state index < -0.39 is 5.91 Å². The molecule has 0 fully saturated rings. The Hall–Kier alpha value is -3.97. The molecule has 0 aromatic heterocycles. The molecule has 0 aliphatic carbocycles. The van der Waals surface area contributed by atoms with Gasteiger partial charge in [-0.05, 0) is 41.5 Å². The summed E-state index contributed by atoms with van der Waals surface area (Å²) in [5.41, 5.74) is 4.47. The maximum Gasteiger partial charge on any atom is 0.271 e. The van der Waals surface area contributed by atoms with Gasteiger partial charge in [0.05, 0.1) is 25.5 Å². The van der Waals surface area contributed by atoms with Gasteiger partial charge in [0.15, 0.2) is 23.0 Å². The second-order valence-electron chi connectivity index (χ2n) is 6.97. The zero-order valence-corrected chi connectivity index (χ0v) is 19.7. The summed E-state index contributed by atoms with van der Waals surface area (Å²) in [4.78, 5) is 12.5. The Morgan fingerprint density at radius 1 is 1.00 bits per heavy atom. The van der Waals surface area contributed by atoms with Crippen LogP contribution >= 0.6 is 11.6 Å². The summed E-state index contributed by atoms with van der Waals surface area (Å²) in [5, 5.41) is 4.38. The standard InChI is InChI=1S/C26H25ClN2O5/c1-4-12-33-22-11-10-20(15-23(22)31-2)26(30)29-28-16-19-13-21(27)25(24(14-19)32-3)34-17-18-8-6-5-7-9-18/h4-11,13-16H,1,12,17H2,2-3H3,(H,29,30)/b28-16+. The molecule has 0 saturated carbocycles. The van der Waals surface area contributed by atoms with Crippen molar-refractivity contribution in [1.82, 2.24) is 5.43 Å². The maximum absolute atomic E-state index is 12.5. The Morgan fingerprint density at radius 3 is 2.47 bits per heavy atom. The lowest BCUT2D eigenvalue weighted by Crippen LogP contribution is -2.17. The number of amides is 1. The Labute approximate surface area is 203 Å². The van der Waals surface area contributed by atoms with Crippen LogP contribution in [-0.2, 0) is 6.61 Å². The highest BCUT2D eigenvalue weighted by atomic mass is 35.5. The summed E-state index contributed by atoms with van der Waals surface area (Å²) in [6.07, 6.45) is 3.09. The Bertz CT molecular complexity index is 1170. The molecular formula is C26H25ClN2O5. The largest absolute Gasteiger partial charge is 0.493 e. The fourth-order valence-electron chi connectivity index (χ4n) is 2.99. The van der Waals surface area contributed by atoms with Gasteiger partial charge in [-0.3, -0.25) is 4.79 Å². The summed E-state index contributed by atoms with van der Waals surface area (Å²) >= 11 is 6.42. The smallest absolute Gasteiger partial charge is 0.271 e. The first-order chi connectivity index (χ1) is 16.5. The first-order valence-electron chi connectivity index (χ1n) is 10.3. The second kappa shape index (κ2) is 12.3. The lowest BCUT2D eigenvalue weighted by Gasteiger charge is -2.13. The molecule has 0 saturated heterocycles. The summed E-state index contributed by atoms with van der Waals surface area (Å²) in [5.74, 6) is 1.42. The van der Waals surface area contributed by atoms with Crippen LogP contribution in [0.2, 0.25) is 5.02 Å². The number of benzene rings is 3. The van der Waals surface area contributed by atoms with E-state index in [0.29, 0.717) is 52.4 Å². The highest BCUT2D eigenvalue weighted by molar-refractivity contribution is 6.32. The summed E-state index contributed by atoms with van der Waals surface area (Å²) in [7, 11) is 3.03. The first-order valence-corrected chi connectivity index (χ1v) is 10.7. The molecule has 176 valence electrons. The van der Waals surface area contributed by atoms with Crippen LogP contribution in [0.1, 0.15) is 21.5 Å². The molecule has 3 rings (SSSR count). The number of rotatable bonds is 11. The molecule has 3 aromatic carbocycles. The molecule has 3 aromatic rings. The third-order valence-corrected chi connectivity index (χ3v) is 4.92. The zero-order chi connectivity index (χ0) is 24.3. The van der Waals surface area contributed by atoms with Crippen molar-refractivity contribution in [1.29, 1.82) is 0 Å². The van der Waals surface area contributed by atoms with E-state index >= 15 is 0 Å². The number of hydrogen-bond acceptors (Lipinski definition) is 6. The highest BCUT2D eigenvalue weighted by Gasteiger charge is 2.13. The Morgan fingerprint density at radius 2 is 1.76 bits per heavy atom. The number of hydrazone groups is 1. The predicted octanol–water partition coefficient (Wildman–Crippen LogP) is 5.26. The van der Waals surface area contributed by atoms with Crippen molar-refractivity contribution in [3.63, 3.8) is 0 Å². The van der Waals surface area contributed by atoms with Gasteiger partial charge in [-0.15, -0.1) is 0 Å². The van der Waals surface area contributed by atoms with Crippen LogP contribution in [0, 0.1) is 0 Å². The molecule has 0 bridgehead atoms. The van der Waals surface area contributed by atoms with Gasteiger partial charge in [0.1, 0.15) is 13.2 Å². The van der Waals surface area contributed by atoms with Gasteiger partial charge in [-0.1, -0.05) is 54.6 Å². The molecule has 8 heteroatoms. The molecule has 7 nitrogen and oxygen atoms in total. The van der Waals surface area contributed by atoms with Crippen LogP contribution in [0.5, 0.6) is 23.0 Å². The van der Waals surface area contributed by atoms with Gasteiger partial charge in [-0.2, -0.15) is 5.10 Å². The molecule has 34 heavy (non-hydrogen) atoms. The number of nitrogens with zero attached hydrogens (tertiary/aromatic N) is 1. The summed E-state index contributed by atoms with van der Waals surface area (Å²) in [6, 6.07) is 18.0. The average molecular weight is 481 g/mol. The molecule has 0 atom stereocenters. The predicted molar refractivity (Wildman–Crippen MR) is 133 cm³/mol. The zero-order valence-electron chi connectivity index (χ0n) is 18.9. The van der Waals surface area contributed by atoms with Crippen molar-refractivity contribution in [3.05, 3.63) is 95.0 Å². The molecule has 0 heterocycles. The van der Waals surface area contributed by atoms with Crippen molar-refractivity contribution < 1.29 is 23.7 Å². The van der Waals surface area contributed by atoms with E-state index in [9.17, 15) is 4.79 Å². The van der Waals surface area contributed by atoms with Crippen molar-refractivity contribution in [2.45, 2.75) is 6.61 Å². The number of carbonyl (C=O) groups excluding carboxylic acids is 1. The molecule has 0 spiro atoms. The summed E-state index contributed by atoms with van der Waals surface area (Å²) < 4.78 is 22.1. The first kappa shape index (κ1) is 24.7. The van der Waals surface area contributed by atoms with Gasteiger partial charge in [0.25, 0.3) is 5.91 Å². The number of hydrogen-bond donors (Lipinski definition) is 1. The third-order valence-electron chi connectivity index (χ3n) is 4.64. The van der Waals surface area contributed by atoms with Crippen LogP contribution in [-0.4, -0.2) is 32.9 Å². The molecule has 1 amide bonds. The number of carbonyl (C=O) groups is 1.